The molecule has 1 fully saturated rings. The summed E-state index contributed by atoms with van der Waals surface area (Å²) in [6, 6.07) is 11.4. The van der Waals surface area contributed by atoms with Crippen LogP contribution in [-0.2, 0) is 0 Å². The van der Waals surface area contributed by atoms with Gasteiger partial charge >= 0.3 is 0 Å². The summed E-state index contributed by atoms with van der Waals surface area (Å²) in [7, 11) is 2.02. The number of aromatic nitrogens is 1. The molecule has 0 saturated carbocycles. The van der Waals surface area contributed by atoms with Crippen LogP contribution in [0.5, 0.6) is 0 Å². The second kappa shape index (κ2) is 6.38. The molecule has 0 bridgehead atoms. The highest BCUT2D eigenvalue weighted by molar-refractivity contribution is 5.94. The first-order chi connectivity index (χ1) is 11.0. The van der Waals surface area contributed by atoms with Crippen molar-refractivity contribution in [3.8, 4) is 11.3 Å². The molecule has 0 radical (unpaired) electrons. The van der Waals surface area contributed by atoms with Gasteiger partial charge in [0.15, 0.2) is 0 Å². The summed E-state index contributed by atoms with van der Waals surface area (Å²) in [5, 5.41) is 2.93. The Kier molecular flexibility index (Phi) is 4.30. The number of carbonyl (C=O) groups is 1. The normalized spacial score (nSPS) is 18.1. The fourth-order valence-corrected chi connectivity index (χ4v) is 2.95. The van der Waals surface area contributed by atoms with Crippen molar-refractivity contribution in [1.29, 1.82) is 0 Å². The Hall–Kier alpha value is -2.40. The standard InChI is InChI=1S/C18H21N3O2/c1-12-4-3-5-13(10-12)16-7-6-15(18(23)20-16)17(22)19-14-8-9-21(2)11-14/h3-7,10,14H,8-9,11H2,1-2H3,(H,19,22)(H,20,23). The molecule has 2 N–H and O–H groups in total. The molecule has 3 rings (SSSR count). The van der Waals surface area contributed by atoms with E-state index in [4.69, 9.17) is 0 Å². The van der Waals surface area contributed by atoms with E-state index in [1.807, 2.05) is 38.2 Å². The van der Waals surface area contributed by atoms with Gasteiger partial charge in [-0.15, -0.1) is 0 Å². The third-order valence-electron chi connectivity index (χ3n) is 4.21. The van der Waals surface area contributed by atoms with E-state index >= 15 is 0 Å². The molecule has 1 unspecified atom stereocenters. The molecule has 0 aliphatic carbocycles. The third kappa shape index (κ3) is 3.51. The molecule has 1 aliphatic heterocycles. The fraction of sp³-hybridized carbons (Fsp3) is 0.333. The first kappa shape index (κ1) is 15.5. The van der Waals surface area contributed by atoms with E-state index in [1.165, 1.54) is 0 Å². The Labute approximate surface area is 135 Å². The molecule has 23 heavy (non-hydrogen) atoms. The minimum Gasteiger partial charge on any atom is -0.348 e. The molecular formula is C18H21N3O2. The molecule has 1 atom stereocenters. The van der Waals surface area contributed by atoms with Crippen LogP contribution in [0.3, 0.4) is 0 Å². The van der Waals surface area contributed by atoms with Gasteiger partial charge in [0.05, 0.1) is 0 Å². The maximum Gasteiger partial charge on any atom is 0.261 e. The molecule has 1 aromatic heterocycles. The first-order valence-corrected chi connectivity index (χ1v) is 7.83. The van der Waals surface area contributed by atoms with Crippen LogP contribution >= 0.6 is 0 Å². The number of rotatable bonds is 3. The Bertz CT molecular complexity index is 782. The highest BCUT2D eigenvalue weighted by Crippen LogP contribution is 2.17. The van der Waals surface area contributed by atoms with Gasteiger partial charge in [0.2, 0.25) is 0 Å². The van der Waals surface area contributed by atoms with Crippen LogP contribution in [0.15, 0.2) is 41.2 Å². The van der Waals surface area contributed by atoms with Gasteiger partial charge in [-0.2, -0.15) is 0 Å². The van der Waals surface area contributed by atoms with Crippen molar-refractivity contribution in [3.63, 3.8) is 0 Å². The second-order valence-corrected chi connectivity index (χ2v) is 6.21. The van der Waals surface area contributed by atoms with Gasteiger partial charge in [-0.25, -0.2) is 0 Å². The lowest BCUT2D eigenvalue weighted by atomic mass is 10.1. The maximum absolute atomic E-state index is 12.3. The van der Waals surface area contributed by atoms with Crippen LogP contribution in [0.25, 0.3) is 11.3 Å². The van der Waals surface area contributed by atoms with Gasteiger partial charge in [-0.05, 0) is 50.7 Å². The number of hydrogen-bond acceptors (Lipinski definition) is 3. The fourth-order valence-electron chi connectivity index (χ4n) is 2.95. The van der Waals surface area contributed by atoms with Crippen molar-refractivity contribution in [3.05, 3.63) is 57.9 Å². The maximum atomic E-state index is 12.3. The van der Waals surface area contributed by atoms with Crippen LogP contribution in [0.4, 0.5) is 0 Å². The summed E-state index contributed by atoms with van der Waals surface area (Å²) in [6.45, 7) is 3.79. The summed E-state index contributed by atoms with van der Waals surface area (Å²) in [5.74, 6) is -0.303. The van der Waals surface area contributed by atoms with Crippen LogP contribution in [0.1, 0.15) is 22.3 Å². The van der Waals surface area contributed by atoms with E-state index in [-0.39, 0.29) is 23.1 Å². The lowest BCUT2D eigenvalue weighted by molar-refractivity contribution is 0.0937. The van der Waals surface area contributed by atoms with E-state index in [1.54, 1.807) is 12.1 Å². The van der Waals surface area contributed by atoms with Crippen LogP contribution < -0.4 is 10.9 Å². The topological polar surface area (TPSA) is 65.2 Å². The number of likely N-dealkylation sites (N-methyl/N-ethyl adjacent to an activating group) is 1. The summed E-state index contributed by atoms with van der Waals surface area (Å²) in [4.78, 5) is 29.5. The third-order valence-corrected chi connectivity index (χ3v) is 4.21. The van der Waals surface area contributed by atoms with Crippen LogP contribution in [-0.4, -0.2) is 42.0 Å². The van der Waals surface area contributed by atoms with Gasteiger partial charge < -0.3 is 15.2 Å². The highest BCUT2D eigenvalue weighted by atomic mass is 16.2. The van der Waals surface area contributed by atoms with Crippen molar-refractivity contribution >= 4 is 5.91 Å². The predicted molar refractivity (Wildman–Crippen MR) is 90.6 cm³/mol. The van der Waals surface area contributed by atoms with E-state index in [2.05, 4.69) is 15.2 Å². The molecular weight excluding hydrogens is 290 g/mol. The average Bonchev–Trinajstić information content (AvgIpc) is 2.92. The Morgan fingerprint density at radius 2 is 2.13 bits per heavy atom. The van der Waals surface area contributed by atoms with Crippen molar-refractivity contribution in [1.82, 2.24) is 15.2 Å². The molecule has 120 valence electrons. The number of pyridine rings is 1. The minimum atomic E-state index is -0.354. The Balaban J connectivity index is 1.79. The number of aromatic amines is 1. The van der Waals surface area contributed by atoms with Crippen molar-refractivity contribution in [2.75, 3.05) is 20.1 Å². The second-order valence-electron chi connectivity index (χ2n) is 6.21. The molecule has 5 nitrogen and oxygen atoms in total. The molecule has 1 amide bonds. The molecule has 1 aromatic carbocycles. The molecule has 2 aromatic rings. The molecule has 2 heterocycles. The lowest BCUT2D eigenvalue weighted by Crippen LogP contribution is -2.38. The minimum absolute atomic E-state index is 0.114. The lowest BCUT2D eigenvalue weighted by Gasteiger charge is -2.12. The molecule has 5 heteroatoms. The molecule has 0 spiro atoms. The quantitative estimate of drug-likeness (QED) is 0.908. The monoisotopic (exact) mass is 311 g/mol. The number of aryl methyl sites for hydroxylation is 1. The number of likely N-dealkylation sites (tertiary alicyclic amines) is 1. The van der Waals surface area contributed by atoms with Crippen molar-refractivity contribution < 1.29 is 4.79 Å². The predicted octanol–water partition coefficient (Wildman–Crippen LogP) is 1.78. The zero-order valence-electron chi connectivity index (χ0n) is 13.4. The summed E-state index contributed by atoms with van der Waals surface area (Å²) in [6.07, 6.45) is 0.918. The zero-order chi connectivity index (χ0) is 16.4. The van der Waals surface area contributed by atoms with E-state index in [0.29, 0.717) is 0 Å². The smallest absolute Gasteiger partial charge is 0.261 e. The number of benzene rings is 1. The van der Waals surface area contributed by atoms with Crippen LogP contribution in [0.2, 0.25) is 0 Å². The SMILES string of the molecule is Cc1cccc(-c2ccc(C(=O)NC3CCN(C)C3)c(=O)[nH]2)c1. The highest BCUT2D eigenvalue weighted by Gasteiger charge is 2.22. The Morgan fingerprint density at radius 3 is 2.78 bits per heavy atom. The van der Waals surface area contributed by atoms with Crippen LogP contribution in [0, 0.1) is 6.92 Å². The number of nitrogens with one attached hydrogen (secondary N) is 2. The van der Waals surface area contributed by atoms with Crippen molar-refractivity contribution in [2.24, 2.45) is 0 Å². The van der Waals surface area contributed by atoms with E-state index in [0.717, 1.165) is 36.3 Å². The number of hydrogen-bond donors (Lipinski definition) is 2. The average molecular weight is 311 g/mol. The number of H-pyrrole nitrogens is 1. The number of carbonyl (C=O) groups excluding carboxylic acids is 1. The Morgan fingerprint density at radius 1 is 1.30 bits per heavy atom. The van der Waals surface area contributed by atoms with Gasteiger partial charge in [-0.3, -0.25) is 9.59 Å². The van der Waals surface area contributed by atoms with E-state index < -0.39 is 0 Å². The van der Waals surface area contributed by atoms with Gasteiger partial charge in [0.25, 0.3) is 11.5 Å². The molecule has 1 saturated heterocycles. The number of nitrogens with zero attached hydrogens (tertiary/aromatic N) is 1. The number of amides is 1. The summed E-state index contributed by atoms with van der Waals surface area (Å²) < 4.78 is 0. The van der Waals surface area contributed by atoms with Gasteiger partial charge in [0.1, 0.15) is 5.56 Å². The first-order valence-electron chi connectivity index (χ1n) is 7.83. The summed E-state index contributed by atoms with van der Waals surface area (Å²) in [5.41, 5.74) is 2.58. The van der Waals surface area contributed by atoms with E-state index in [9.17, 15) is 9.59 Å². The van der Waals surface area contributed by atoms with Gasteiger partial charge in [-0.1, -0.05) is 23.8 Å². The molecule has 1 aliphatic rings. The van der Waals surface area contributed by atoms with Crippen molar-refractivity contribution in [2.45, 2.75) is 19.4 Å². The zero-order valence-corrected chi connectivity index (χ0v) is 13.4. The largest absolute Gasteiger partial charge is 0.348 e. The summed E-state index contributed by atoms with van der Waals surface area (Å²) >= 11 is 0. The van der Waals surface area contributed by atoms with Gasteiger partial charge in [0, 0.05) is 18.3 Å².